The molecule has 216 valence electrons. The van der Waals surface area contributed by atoms with Gasteiger partial charge in [0.1, 0.15) is 24.1 Å². The van der Waals surface area contributed by atoms with Crippen LogP contribution in [0.1, 0.15) is 35.6 Å². The molecule has 1 aliphatic heterocycles. The van der Waals surface area contributed by atoms with Crippen LogP contribution in [-0.2, 0) is 24.4 Å². The Morgan fingerprint density at radius 3 is 2.68 bits per heavy atom. The van der Waals surface area contributed by atoms with Crippen LogP contribution < -0.4 is 9.64 Å². The third-order valence-corrected chi connectivity index (χ3v) is 7.66. The van der Waals surface area contributed by atoms with Crippen molar-refractivity contribution in [1.82, 2.24) is 19.4 Å². The van der Waals surface area contributed by atoms with Crippen molar-refractivity contribution in [3.63, 3.8) is 0 Å². The fourth-order valence-corrected chi connectivity index (χ4v) is 5.32. The average molecular weight is 582 g/mol. The molecule has 1 saturated heterocycles. The molecular weight excluding hydrogens is 549 g/mol. The topological polar surface area (TPSA) is 93.0 Å². The van der Waals surface area contributed by atoms with Crippen molar-refractivity contribution in [2.75, 3.05) is 38.3 Å². The van der Waals surface area contributed by atoms with E-state index in [9.17, 15) is 14.3 Å². The van der Waals surface area contributed by atoms with Gasteiger partial charge >= 0.3 is 5.97 Å². The minimum Gasteiger partial charge on any atom is -0.478 e. The van der Waals surface area contributed by atoms with Crippen LogP contribution in [-0.4, -0.2) is 69.4 Å². The minimum atomic E-state index is -0.967. The normalized spacial score (nSPS) is 15.4. The van der Waals surface area contributed by atoms with Crippen LogP contribution in [0.2, 0.25) is 5.02 Å². The number of halogens is 2. The summed E-state index contributed by atoms with van der Waals surface area (Å²) in [4.78, 5) is 25.7. The van der Waals surface area contributed by atoms with E-state index in [-0.39, 0.29) is 17.7 Å². The summed E-state index contributed by atoms with van der Waals surface area (Å²) in [7, 11) is 1.65. The number of imidazole rings is 1. The Hall–Kier alpha value is -3.73. The maximum Gasteiger partial charge on any atom is 0.335 e. The largest absolute Gasteiger partial charge is 0.478 e. The Bertz CT molecular complexity index is 1560. The molecule has 1 N–H and O–H groups in total. The quantitative estimate of drug-likeness (QED) is 0.271. The van der Waals surface area contributed by atoms with Crippen LogP contribution >= 0.6 is 11.6 Å². The Morgan fingerprint density at radius 2 is 1.95 bits per heavy atom. The molecular formula is C30H33ClFN5O4. The molecule has 5 rings (SSSR count). The van der Waals surface area contributed by atoms with E-state index >= 15 is 0 Å². The fraction of sp³-hybridized carbons (Fsp3) is 0.367. The number of anilines is 1. The van der Waals surface area contributed by atoms with Crippen LogP contribution in [0.25, 0.3) is 11.0 Å². The molecule has 0 spiro atoms. The molecule has 2 aromatic carbocycles. The maximum absolute atomic E-state index is 14.2. The third-order valence-electron chi connectivity index (χ3n) is 7.42. The van der Waals surface area contributed by atoms with E-state index in [0.29, 0.717) is 36.2 Å². The molecule has 3 heterocycles. The highest BCUT2D eigenvalue weighted by Gasteiger charge is 2.35. The van der Waals surface area contributed by atoms with E-state index in [4.69, 9.17) is 31.0 Å². The van der Waals surface area contributed by atoms with Crippen LogP contribution in [0.3, 0.4) is 0 Å². The number of aromatic carboxylic acids is 1. The summed E-state index contributed by atoms with van der Waals surface area (Å²) >= 11 is 5.85. The molecule has 1 aliphatic rings. The predicted octanol–water partition coefficient (Wildman–Crippen LogP) is 5.25. The highest BCUT2D eigenvalue weighted by atomic mass is 35.5. The number of aromatic nitrogens is 3. The van der Waals surface area contributed by atoms with E-state index < -0.39 is 11.8 Å². The van der Waals surface area contributed by atoms with Gasteiger partial charge in [0.15, 0.2) is 0 Å². The second kappa shape index (κ2) is 12.0. The van der Waals surface area contributed by atoms with Gasteiger partial charge in [-0.3, -0.25) is 4.90 Å². The summed E-state index contributed by atoms with van der Waals surface area (Å²) in [5.74, 6) is 0.698. The lowest BCUT2D eigenvalue weighted by Gasteiger charge is -2.47. The van der Waals surface area contributed by atoms with Crippen molar-refractivity contribution in [3.05, 3.63) is 82.4 Å². The monoisotopic (exact) mass is 581 g/mol. The average Bonchev–Trinajstić information content (AvgIpc) is 3.28. The number of piperazine rings is 1. The first-order valence-corrected chi connectivity index (χ1v) is 13.8. The van der Waals surface area contributed by atoms with Gasteiger partial charge in [-0.2, -0.15) is 4.98 Å². The van der Waals surface area contributed by atoms with Crippen molar-refractivity contribution in [2.45, 2.75) is 39.1 Å². The predicted molar refractivity (Wildman–Crippen MR) is 155 cm³/mol. The SMILES string of the molecule is COCCn1c(CN2CCN(c3cccc(OCc4ccc(Cl)cc4F)n3)CC2(C)C)nc2ccc(C(=O)O)cc21. The van der Waals surface area contributed by atoms with Crippen molar-refractivity contribution in [2.24, 2.45) is 0 Å². The van der Waals surface area contributed by atoms with Gasteiger partial charge in [-0.25, -0.2) is 14.2 Å². The van der Waals surface area contributed by atoms with Crippen LogP contribution in [0.4, 0.5) is 10.2 Å². The van der Waals surface area contributed by atoms with E-state index in [1.54, 1.807) is 43.5 Å². The molecule has 2 aromatic heterocycles. The Kier molecular flexibility index (Phi) is 8.44. The number of hydrogen-bond donors (Lipinski definition) is 1. The molecule has 0 aliphatic carbocycles. The molecule has 0 bridgehead atoms. The fourth-order valence-electron chi connectivity index (χ4n) is 5.16. The van der Waals surface area contributed by atoms with E-state index in [1.807, 2.05) is 12.1 Å². The van der Waals surface area contributed by atoms with Gasteiger partial charge in [0.25, 0.3) is 0 Å². The Balaban J connectivity index is 1.30. The lowest BCUT2D eigenvalue weighted by molar-refractivity contribution is 0.0697. The van der Waals surface area contributed by atoms with Gasteiger partial charge in [0.05, 0.1) is 29.7 Å². The van der Waals surface area contributed by atoms with E-state index in [1.165, 1.54) is 6.07 Å². The smallest absolute Gasteiger partial charge is 0.335 e. The molecule has 9 nitrogen and oxygen atoms in total. The highest BCUT2D eigenvalue weighted by molar-refractivity contribution is 6.30. The zero-order valence-electron chi connectivity index (χ0n) is 23.3. The van der Waals surface area contributed by atoms with Gasteiger partial charge in [0.2, 0.25) is 5.88 Å². The zero-order valence-corrected chi connectivity index (χ0v) is 24.1. The second-order valence-corrected chi connectivity index (χ2v) is 11.1. The van der Waals surface area contributed by atoms with Crippen molar-refractivity contribution in [1.29, 1.82) is 0 Å². The number of nitrogens with zero attached hydrogens (tertiary/aromatic N) is 5. The number of ether oxygens (including phenoxy) is 2. The summed E-state index contributed by atoms with van der Waals surface area (Å²) in [6.07, 6.45) is 0. The summed E-state index contributed by atoms with van der Waals surface area (Å²) in [6.45, 7) is 8.32. The van der Waals surface area contributed by atoms with Gasteiger partial charge < -0.3 is 24.0 Å². The van der Waals surface area contributed by atoms with Gasteiger partial charge in [-0.1, -0.05) is 23.7 Å². The number of carbonyl (C=O) groups is 1. The first kappa shape index (κ1) is 28.8. The number of carboxylic acids is 1. The molecule has 41 heavy (non-hydrogen) atoms. The molecule has 11 heteroatoms. The second-order valence-electron chi connectivity index (χ2n) is 10.7. The van der Waals surface area contributed by atoms with Crippen LogP contribution in [0, 0.1) is 5.82 Å². The number of carboxylic acid groups (broad SMARTS) is 1. The molecule has 0 unspecified atom stereocenters. The summed E-state index contributed by atoms with van der Waals surface area (Å²) < 4.78 is 27.4. The lowest BCUT2D eigenvalue weighted by Crippen LogP contribution is -2.59. The highest BCUT2D eigenvalue weighted by Crippen LogP contribution is 2.29. The molecule has 0 amide bonds. The van der Waals surface area contributed by atoms with Crippen molar-refractivity contribution in [3.8, 4) is 5.88 Å². The van der Waals surface area contributed by atoms with Gasteiger partial charge in [-0.15, -0.1) is 0 Å². The van der Waals surface area contributed by atoms with E-state index in [2.05, 4.69) is 28.2 Å². The number of benzene rings is 2. The molecule has 4 aromatic rings. The molecule has 1 fully saturated rings. The number of methoxy groups -OCH3 is 1. The van der Waals surface area contributed by atoms with Crippen LogP contribution in [0.15, 0.2) is 54.6 Å². The Morgan fingerprint density at radius 1 is 1.12 bits per heavy atom. The first-order valence-electron chi connectivity index (χ1n) is 13.4. The van der Waals surface area contributed by atoms with Crippen LogP contribution in [0.5, 0.6) is 5.88 Å². The summed E-state index contributed by atoms with van der Waals surface area (Å²) in [5, 5.41) is 9.83. The molecule has 0 saturated carbocycles. The lowest BCUT2D eigenvalue weighted by atomic mass is 9.98. The first-order chi connectivity index (χ1) is 19.6. The van der Waals surface area contributed by atoms with Gasteiger partial charge in [-0.05, 0) is 50.2 Å². The minimum absolute atomic E-state index is 0.0523. The summed E-state index contributed by atoms with van der Waals surface area (Å²) in [5.41, 5.74) is 1.96. The number of fused-ring (bicyclic) bond motifs is 1. The van der Waals surface area contributed by atoms with Gasteiger partial charge in [0, 0.05) is 55.5 Å². The standard InChI is InChI=1S/C30H33ClFN5O4/c1-30(2)19-35(26-5-4-6-28(34-26)41-18-21-7-9-22(31)16-23(21)32)11-12-36(30)17-27-33-24-10-8-20(29(38)39)15-25(24)37(27)13-14-40-3/h4-10,15-16H,11-14,17-19H2,1-3H3,(H,38,39). The van der Waals surface area contributed by atoms with Crippen molar-refractivity contribution >= 4 is 34.4 Å². The third kappa shape index (κ3) is 6.45. The molecule has 0 radical (unpaired) electrons. The molecule has 0 atom stereocenters. The number of rotatable bonds is 10. The van der Waals surface area contributed by atoms with Crippen molar-refractivity contribution < 1.29 is 23.8 Å². The summed E-state index contributed by atoms with van der Waals surface area (Å²) in [6, 6.07) is 15.1. The van der Waals surface area contributed by atoms with E-state index in [0.717, 1.165) is 42.3 Å². The maximum atomic E-state index is 14.2. The Labute approximate surface area is 243 Å². The zero-order chi connectivity index (χ0) is 29.1. The number of pyridine rings is 1. The number of hydrogen-bond acceptors (Lipinski definition) is 7.